The number of nitrogens with zero attached hydrogens (tertiary/aromatic N) is 2. The minimum absolute atomic E-state index is 0.218. The summed E-state index contributed by atoms with van der Waals surface area (Å²) in [5.74, 6) is -0.969. The van der Waals surface area contributed by atoms with Crippen LogP contribution in [0.5, 0.6) is 0 Å². The SMILES string of the molecule is Nc1cn(-c2ccc(C(=O)O)cc2)nc1-c1ccccc1Cl. The molecule has 0 radical (unpaired) electrons. The fourth-order valence-corrected chi connectivity index (χ4v) is 2.36. The van der Waals surface area contributed by atoms with E-state index in [1.54, 1.807) is 29.1 Å². The molecule has 0 saturated carbocycles. The molecule has 110 valence electrons. The molecule has 0 spiro atoms. The number of hydrogen-bond acceptors (Lipinski definition) is 3. The van der Waals surface area contributed by atoms with Crippen LogP contribution >= 0.6 is 11.6 Å². The minimum atomic E-state index is -0.969. The second kappa shape index (κ2) is 5.54. The van der Waals surface area contributed by atoms with Gasteiger partial charge in [0.25, 0.3) is 0 Å². The number of carboxylic acids is 1. The van der Waals surface area contributed by atoms with Crippen LogP contribution in [0.2, 0.25) is 5.02 Å². The van der Waals surface area contributed by atoms with Gasteiger partial charge in [-0.15, -0.1) is 0 Å². The standard InChI is InChI=1S/C16H12ClN3O2/c17-13-4-2-1-3-12(13)15-14(18)9-20(19-15)11-7-5-10(6-8-11)16(21)22/h1-9H,18H2,(H,21,22). The highest BCUT2D eigenvalue weighted by atomic mass is 35.5. The summed E-state index contributed by atoms with van der Waals surface area (Å²) in [7, 11) is 0. The highest BCUT2D eigenvalue weighted by Crippen LogP contribution is 2.31. The Bertz CT molecular complexity index is 841. The molecule has 0 unspecified atom stereocenters. The summed E-state index contributed by atoms with van der Waals surface area (Å²) >= 11 is 6.17. The lowest BCUT2D eigenvalue weighted by Gasteiger charge is -2.02. The van der Waals surface area contributed by atoms with Gasteiger partial charge in [-0.25, -0.2) is 9.48 Å². The number of carboxylic acid groups (broad SMARTS) is 1. The third-order valence-electron chi connectivity index (χ3n) is 3.25. The quantitative estimate of drug-likeness (QED) is 0.775. The van der Waals surface area contributed by atoms with E-state index in [4.69, 9.17) is 22.4 Å². The molecule has 3 N–H and O–H groups in total. The van der Waals surface area contributed by atoms with Gasteiger partial charge in [0.2, 0.25) is 0 Å². The molecule has 6 heteroatoms. The molecule has 0 amide bonds. The summed E-state index contributed by atoms with van der Waals surface area (Å²) in [6.07, 6.45) is 1.68. The average Bonchev–Trinajstić information content (AvgIpc) is 2.90. The Hall–Kier alpha value is -2.79. The molecule has 0 bridgehead atoms. The third-order valence-corrected chi connectivity index (χ3v) is 3.58. The molecule has 3 aromatic rings. The first-order valence-electron chi connectivity index (χ1n) is 6.50. The third kappa shape index (κ3) is 2.54. The molecule has 0 atom stereocenters. The Morgan fingerprint density at radius 1 is 1.14 bits per heavy atom. The highest BCUT2D eigenvalue weighted by Gasteiger charge is 2.12. The number of aromatic nitrogens is 2. The molecule has 0 aliphatic carbocycles. The van der Waals surface area contributed by atoms with Gasteiger partial charge in [-0.05, 0) is 30.3 Å². The Morgan fingerprint density at radius 3 is 2.45 bits per heavy atom. The number of nitrogens with two attached hydrogens (primary N) is 1. The summed E-state index contributed by atoms with van der Waals surface area (Å²) in [6, 6.07) is 13.7. The van der Waals surface area contributed by atoms with Gasteiger partial charge in [-0.1, -0.05) is 29.8 Å². The van der Waals surface area contributed by atoms with Crippen molar-refractivity contribution in [3.05, 3.63) is 65.3 Å². The van der Waals surface area contributed by atoms with Crippen LogP contribution in [0.1, 0.15) is 10.4 Å². The summed E-state index contributed by atoms with van der Waals surface area (Å²) in [5, 5.41) is 13.9. The number of anilines is 1. The zero-order valence-electron chi connectivity index (χ0n) is 11.4. The number of aromatic carboxylic acids is 1. The second-order valence-electron chi connectivity index (χ2n) is 4.71. The van der Waals surface area contributed by atoms with Crippen LogP contribution in [0.4, 0.5) is 5.69 Å². The number of hydrogen-bond donors (Lipinski definition) is 2. The first-order chi connectivity index (χ1) is 10.6. The lowest BCUT2D eigenvalue weighted by molar-refractivity contribution is 0.0697. The fourth-order valence-electron chi connectivity index (χ4n) is 2.14. The molecule has 0 fully saturated rings. The predicted octanol–water partition coefficient (Wildman–Crippen LogP) is 3.47. The van der Waals surface area contributed by atoms with Gasteiger partial charge in [0.1, 0.15) is 5.69 Å². The van der Waals surface area contributed by atoms with Crippen LogP contribution in [0.15, 0.2) is 54.7 Å². The van der Waals surface area contributed by atoms with Gasteiger partial charge in [0.05, 0.1) is 28.2 Å². The largest absolute Gasteiger partial charge is 0.478 e. The van der Waals surface area contributed by atoms with Crippen molar-refractivity contribution in [2.75, 3.05) is 5.73 Å². The zero-order valence-corrected chi connectivity index (χ0v) is 12.2. The molecule has 22 heavy (non-hydrogen) atoms. The molecular formula is C16H12ClN3O2. The van der Waals surface area contributed by atoms with Crippen molar-refractivity contribution in [3.8, 4) is 16.9 Å². The molecule has 0 aliphatic heterocycles. The van der Waals surface area contributed by atoms with Gasteiger partial charge >= 0.3 is 5.97 Å². The molecule has 0 saturated heterocycles. The Balaban J connectivity index is 2.02. The van der Waals surface area contributed by atoms with E-state index in [0.717, 1.165) is 11.3 Å². The van der Waals surface area contributed by atoms with E-state index >= 15 is 0 Å². The molecule has 3 rings (SSSR count). The van der Waals surface area contributed by atoms with Gasteiger partial charge in [0.15, 0.2) is 0 Å². The zero-order chi connectivity index (χ0) is 15.7. The van der Waals surface area contributed by atoms with Crippen molar-refractivity contribution in [1.29, 1.82) is 0 Å². The Kier molecular flexibility index (Phi) is 3.56. The molecule has 1 aromatic heterocycles. The number of nitrogen functional groups attached to an aromatic ring is 1. The second-order valence-corrected chi connectivity index (χ2v) is 5.12. The van der Waals surface area contributed by atoms with Crippen molar-refractivity contribution in [1.82, 2.24) is 9.78 Å². The van der Waals surface area contributed by atoms with Crippen molar-refractivity contribution < 1.29 is 9.90 Å². The van der Waals surface area contributed by atoms with Crippen molar-refractivity contribution in [3.63, 3.8) is 0 Å². The predicted molar refractivity (Wildman–Crippen MR) is 85.4 cm³/mol. The summed E-state index contributed by atoms with van der Waals surface area (Å²) in [5.41, 5.74) is 8.80. The van der Waals surface area contributed by atoms with E-state index in [1.165, 1.54) is 12.1 Å². The molecular weight excluding hydrogens is 302 g/mol. The van der Waals surface area contributed by atoms with E-state index in [2.05, 4.69) is 5.10 Å². The molecule has 5 nitrogen and oxygen atoms in total. The first kappa shape index (κ1) is 14.2. The van der Waals surface area contributed by atoms with Crippen molar-refractivity contribution >= 4 is 23.3 Å². The summed E-state index contributed by atoms with van der Waals surface area (Å²) in [6.45, 7) is 0. The topological polar surface area (TPSA) is 81.1 Å². The first-order valence-corrected chi connectivity index (χ1v) is 6.88. The van der Waals surface area contributed by atoms with Crippen LogP contribution in [0, 0.1) is 0 Å². The molecule has 2 aromatic carbocycles. The van der Waals surface area contributed by atoms with Gasteiger partial charge in [0, 0.05) is 5.56 Å². The van der Waals surface area contributed by atoms with E-state index in [-0.39, 0.29) is 5.56 Å². The number of carbonyl (C=O) groups is 1. The van der Waals surface area contributed by atoms with Crippen LogP contribution in [0.3, 0.4) is 0 Å². The van der Waals surface area contributed by atoms with E-state index < -0.39 is 5.97 Å². The monoisotopic (exact) mass is 313 g/mol. The van der Waals surface area contributed by atoms with Crippen LogP contribution in [0.25, 0.3) is 16.9 Å². The van der Waals surface area contributed by atoms with Crippen molar-refractivity contribution in [2.45, 2.75) is 0 Å². The Morgan fingerprint density at radius 2 is 1.82 bits per heavy atom. The Labute approximate surface area is 131 Å². The van der Waals surface area contributed by atoms with Gasteiger partial charge in [-0.3, -0.25) is 0 Å². The summed E-state index contributed by atoms with van der Waals surface area (Å²) in [4.78, 5) is 10.9. The maximum Gasteiger partial charge on any atom is 0.335 e. The molecule has 1 heterocycles. The van der Waals surface area contributed by atoms with Crippen LogP contribution in [-0.2, 0) is 0 Å². The van der Waals surface area contributed by atoms with Crippen LogP contribution in [-0.4, -0.2) is 20.9 Å². The highest BCUT2D eigenvalue weighted by molar-refractivity contribution is 6.33. The van der Waals surface area contributed by atoms with E-state index in [9.17, 15) is 4.79 Å². The van der Waals surface area contributed by atoms with Crippen molar-refractivity contribution in [2.24, 2.45) is 0 Å². The van der Waals surface area contributed by atoms with E-state index in [0.29, 0.717) is 16.4 Å². The van der Waals surface area contributed by atoms with E-state index in [1.807, 2.05) is 18.2 Å². The lowest BCUT2D eigenvalue weighted by atomic mass is 10.1. The number of benzene rings is 2. The normalized spacial score (nSPS) is 10.6. The van der Waals surface area contributed by atoms with Crippen LogP contribution < -0.4 is 5.73 Å². The molecule has 0 aliphatic rings. The average molecular weight is 314 g/mol. The lowest BCUT2D eigenvalue weighted by Crippen LogP contribution is -1.99. The number of halogens is 1. The minimum Gasteiger partial charge on any atom is -0.478 e. The summed E-state index contributed by atoms with van der Waals surface area (Å²) < 4.78 is 1.60. The number of rotatable bonds is 3. The fraction of sp³-hybridized carbons (Fsp3) is 0. The maximum absolute atomic E-state index is 10.9. The maximum atomic E-state index is 10.9. The van der Waals surface area contributed by atoms with Gasteiger partial charge < -0.3 is 10.8 Å². The van der Waals surface area contributed by atoms with Gasteiger partial charge in [-0.2, -0.15) is 5.10 Å². The smallest absolute Gasteiger partial charge is 0.335 e.